The summed E-state index contributed by atoms with van der Waals surface area (Å²) in [6.45, 7) is 0.0777. The van der Waals surface area contributed by atoms with E-state index < -0.39 is 22.3 Å². The summed E-state index contributed by atoms with van der Waals surface area (Å²) in [6, 6.07) is 12.6. The lowest BCUT2D eigenvalue weighted by atomic mass is 10.1. The van der Waals surface area contributed by atoms with Crippen molar-refractivity contribution in [3.05, 3.63) is 81.2 Å². The summed E-state index contributed by atoms with van der Waals surface area (Å²) in [7, 11) is 0. The van der Waals surface area contributed by atoms with Gasteiger partial charge in [-0.2, -0.15) is 18.2 Å². The Morgan fingerprint density at radius 3 is 2.52 bits per heavy atom. The molecule has 8 heteroatoms. The second kappa shape index (κ2) is 8.41. The summed E-state index contributed by atoms with van der Waals surface area (Å²) in [4.78, 5) is 16.3. The van der Waals surface area contributed by atoms with E-state index in [2.05, 4.69) is 10.9 Å². The lowest BCUT2D eigenvalue weighted by molar-refractivity contribution is -0.137. The standard InChI is InChI=1S/C21H14ClF3N2O2/c1-2-11-29-17-13-27(12-14-7-4-3-5-8-14)19(26-20(17)28)15-9-6-10-16(18(15)22)21(23,24)25/h1,3-10,13H,11-12H2. The maximum absolute atomic E-state index is 13.3. The number of ether oxygens (including phenoxy) is 1. The first-order valence-electron chi connectivity index (χ1n) is 8.39. The van der Waals surface area contributed by atoms with Gasteiger partial charge in [-0.05, 0) is 17.7 Å². The minimum absolute atomic E-state index is 0.0111. The average molecular weight is 419 g/mol. The topological polar surface area (TPSA) is 44.1 Å². The van der Waals surface area contributed by atoms with Gasteiger partial charge in [-0.25, -0.2) is 0 Å². The first-order chi connectivity index (χ1) is 13.8. The van der Waals surface area contributed by atoms with Gasteiger partial charge in [0.05, 0.1) is 16.8 Å². The van der Waals surface area contributed by atoms with Gasteiger partial charge < -0.3 is 9.30 Å². The van der Waals surface area contributed by atoms with Gasteiger partial charge in [0.2, 0.25) is 5.75 Å². The van der Waals surface area contributed by atoms with Crippen LogP contribution in [0.1, 0.15) is 11.1 Å². The Bertz CT molecular complexity index is 1120. The van der Waals surface area contributed by atoms with E-state index in [-0.39, 0.29) is 30.3 Å². The van der Waals surface area contributed by atoms with Crippen molar-refractivity contribution in [2.45, 2.75) is 12.7 Å². The third kappa shape index (κ3) is 4.61. The van der Waals surface area contributed by atoms with Gasteiger partial charge in [0.15, 0.2) is 0 Å². The molecule has 2 aromatic carbocycles. The predicted molar refractivity (Wildman–Crippen MR) is 104 cm³/mol. The van der Waals surface area contributed by atoms with E-state index in [4.69, 9.17) is 22.8 Å². The summed E-state index contributed by atoms with van der Waals surface area (Å²) in [5.41, 5.74) is -0.943. The third-order valence-electron chi connectivity index (χ3n) is 4.02. The summed E-state index contributed by atoms with van der Waals surface area (Å²) in [6.07, 6.45) is 1.88. The molecule has 0 bridgehead atoms. The van der Waals surface area contributed by atoms with Gasteiger partial charge in [0.1, 0.15) is 12.4 Å². The van der Waals surface area contributed by atoms with Crippen LogP contribution in [0.25, 0.3) is 11.4 Å². The highest BCUT2D eigenvalue weighted by atomic mass is 35.5. The highest BCUT2D eigenvalue weighted by Crippen LogP contribution is 2.39. The second-order valence-corrected chi connectivity index (χ2v) is 6.38. The van der Waals surface area contributed by atoms with Gasteiger partial charge in [-0.3, -0.25) is 4.79 Å². The Labute approximate surface area is 169 Å². The van der Waals surface area contributed by atoms with Crippen LogP contribution in [0.3, 0.4) is 0 Å². The molecule has 0 aliphatic rings. The molecule has 3 rings (SSSR count). The lowest BCUT2D eigenvalue weighted by Gasteiger charge is -2.17. The molecule has 1 aromatic heterocycles. The molecule has 0 aliphatic heterocycles. The van der Waals surface area contributed by atoms with Crippen LogP contribution in [0, 0.1) is 12.3 Å². The van der Waals surface area contributed by atoms with Crippen LogP contribution in [-0.2, 0) is 12.7 Å². The Hall–Kier alpha value is -3.24. The average Bonchev–Trinajstić information content (AvgIpc) is 2.68. The zero-order valence-corrected chi connectivity index (χ0v) is 15.7. The Kier molecular flexibility index (Phi) is 5.95. The number of benzene rings is 2. The molecule has 29 heavy (non-hydrogen) atoms. The quantitative estimate of drug-likeness (QED) is 0.567. The fraction of sp³-hybridized carbons (Fsp3) is 0.143. The number of rotatable bonds is 5. The first kappa shape index (κ1) is 20.5. The zero-order valence-electron chi connectivity index (χ0n) is 14.9. The molecular formula is C21H14ClF3N2O2. The van der Waals surface area contributed by atoms with E-state index in [1.165, 1.54) is 22.9 Å². The molecular weight excluding hydrogens is 405 g/mol. The molecule has 0 saturated heterocycles. The van der Waals surface area contributed by atoms with Gasteiger partial charge in [-0.1, -0.05) is 53.9 Å². The highest BCUT2D eigenvalue weighted by Gasteiger charge is 2.34. The highest BCUT2D eigenvalue weighted by molar-refractivity contribution is 6.34. The number of halogens is 4. The molecule has 0 fully saturated rings. The number of aromatic nitrogens is 2. The fourth-order valence-corrected chi connectivity index (χ4v) is 3.05. The van der Waals surface area contributed by atoms with Crippen LogP contribution in [0.4, 0.5) is 13.2 Å². The maximum Gasteiger partial charge on any atom is 0.417 e. The largest absolute Gasteiger partial charge is 0.474 e. The van der Waals surface area contributed by atoms with Crippen molar-refractivity contribution in [2.75, 3.05) is 6.61 Å². The Morgan fingerprint density at radius 1 is 1.14 bits per heavy atom. The summed E-state index contributed by atoms with van der Waals surface area (Å²) >= 11 is 6.05. The van der Waals surface area contributed by atoms with Crippen molar-refractivity contribution in [3.8, 4) is 29.5 Å². The maximum atomic E-state index is 13.3. The molecule has 0 amide bonds. The number of terminal acetylenes is 1. The SMILES string of the molecule is C#CCOc1cn(Cc2ccccc2)c(-c2cccc(C(F)(F)F)c2Cl)nc1=O. The van der Waals surface area contributed by atoms with E-state index >= 15 is 0 Å². The molecule has 0 atom stereocenters. The van der Waals surface area contributed by atoms with Gasteiger partial charge in [0, 0.05) is 12.1 Å². The summed E-state index contributed by atoms with van der Waals surface area (Å²) in [5.74, 6) is 2.13. The van der Waals surface area contributed by atoms with Crippen LogP contribution in [-0.4, -0.2) is 16.2 Å². The molecule has 148 valence electrons. The smallest absolute Gasteiger partial charge is 0.417 e. The van der Waals surface area contributed by atoms with Crippen molar-refractivity contribution in [1.29, 1.82) is 0 Å². The Morgan fingerprint density at radius 2 is 1.86 bits per heavy atom. The van der Waals surface area contributed by atoms with Crippen LogP contribution in [0.2, 0.25) is 5.02 Å². The number of alkyl halides is 3. The van der Waals surface area contributed by atoms with Crippen molar-refractivity contribution < 1.29 is 17.9 Å². The van der Waals surface area contributed by atoms with E-state index in [1.54, 1.807) is 0 Å². The normalized spacial score (nSPS) is 11.1. The lowest BCUT2D eigenvalue weighted by Crippen LogP contribution is -2.19. The predicted octanol–water partition coefficient (Wildman–Crippen LogP) is 4.64. The van der Waals surface area contributed by atoms with Gasteiger partial charge in [-0.15, -0.1) is 6.42 Å². The van der Waals surface area contributed by atoms with E-state index in [0.717, 1.165) is 11.6 Å². The van der Waals surface area contributed by atoms with Gasteiger partial charge >= 0.3 is 11.7 Å². The van der Waals surface area contributed by atoms with Crippen LogP contribution >= 0.6 is 11.6 Å². The van der Waals surface area contributed by atoms with Gasteiger partial charge in [0.25, 0.3) is 0 Å². The van der Waals surface area contributed by atoms with Crippen LogP contribution in [0.15, 0.2) is 59.5 Å². The molecule has 0 radical (unpaired) electrons. The number of nitrogens with zero attached hydrogens (tertiary/aromatic N) is 2. The van der Waals surface area contributed by atoms with Crippen molar-refractivity contribution >= 4 is 11.6 Å². The van der Waals surface area contributed by atoms with E-state index in [9.17, 15) is 18.0 Å². The molecule has 0 aliphatic carbocycles. The van der Waals surface area contributed by atoms with Crippen molar-refractivity contribution in [3.63, 3.8) is 0 Å². The molecule has 0 spiro atoms. The molecule has 3 aromatic rings. The second-order valence-electron chi connectivity index (χ2n) is 6.01. The van der Waals surface area contributed by atoms with Crippen LogP contribution in [0.5, 0.6) is 5.75 Å². The number of hydrogen-bond donors (Lipinski definition) is 0. The van der Waals surface area contributed by atoms with Crippen molar-refractivity contribution in [1.82, 2.24) is 9.55 Å². The van der Waals surface area contributed by atoms with Crippen molar-refractivity contribution in [2.24, 2.45) is 0 Å². The summed E-state index contributed by atoms with van der Waals surface area (Å²) < 4.78 is 46.5. The van der Waals surface area contributed by atoms with Crippen LogP contribution < -0.4 is 10.3 Å². The molecule has 0 unspecified atom stereocenters. The first-order valence-corrected chi connectivity index (χ1v) is 8.77. The van der Waals surface area contributed by atoms with E-state index in [1.807, 2.05) is 30.3 Å². The third-order valence-corrected chi connectivity index (χ3v) is 4.42. The summed E-state index contributed by atoms with van der Waals surface area (Å²) in [5, 5.41) is -0.536. The minimum Gasteiger partial charge on any atom is -0.474 e. The Balaban J connectivity index is 2.19. The molecule has 0 N–H and O–H groups in total. The minimum atomic E-state index is -4.65. The fourth-order valence-electron chi connectivity index (χ4n) is 2.73. The molecule has 0 saturated carbocycles. The zero-order chi connectivity index (χ0) is 21.0. The molecule has 4 nitrogen and oxygen atoms in total. The molecule has 1 heterocycles. The monoisotopic (exact) mass is 418 g/mol. The van der Waals surface area contributed by atoms with E-state index in [0.29, 0.717) is 0 Å². The number of hydrogen-bond acceptors (Lipinski definition) is 3.